The number of halogens is 1. The molecule has 1 atom stereocenters. The Morgan fingerprint density at radius 3 is 2.76 bits per heavy atom. The van der Waals surface area contributed by atoms with E-state index in [0.717, 1.165) is 18.7 Å². The lowest BCUT2D eigenvalue weighted by atomic mass is 9.98. The van der Waals surface area contributed by atoms with Crippen molar-refractivity contribution in [3.05, 3.63) is 29.3 Å². The van der Waals surface area contributed by atoms with E-state index in [0.29, 0.717) is 24.2 Å². The van der Waals surface area contributed by atoms with E-state index < -0.39 is 5.54 Å². The fourth-order valence-electron chi connectivity index (χ4n) is 2.69. The van der Waals surface area contributed by atoms with Gasteiger partial charge in [0.1, 0.15) is 5.54 Å². The van der Waals surface area contributed by atoms with E-state index in [2.05, 4.69) is 24.1 Å². The van der Waals surface area contributed by atoms with Crippen LogP contribution in [0.5, 0.6) is 0 Å². The zero-order chi connectivity index (χ0) is 15.5. The van der Waals surface area contributed by atoms with E-state index in [-0.39, 0.29) is 5.97 Å². The van der Waals surface area contributed by atoms with Gasteiger partial charge in [-0.05, 0) is 39.3 Å². The third-order valence-electron chi connectivity index (χ3n) is 3.94. The summed E-state index contributed by atoms with van der Waals surface area (Å²) in [5.41, 5.74) is 0.0588. The van der Waals surface area contributed by atoms with Gasteiger partial charge in [-0.3, -0.25) is 4.90 Å². The minimum atomic E-state index is -0.717. The lowest BCUT2D eigenvalue weighted by Crippen LogP contribution is -2.50. The van der Waals surface area contributed by atoms with Gasteiger partial charge in [0.25, 0.3) is 0 Å². The summed E-state index contributed by atoms with van der Waals surface area (Å²) in [6, 6.07) is 7.88. The van der Waals surface area contributed by atoms with Crippen LogP contribution in [0.3, 0.4) is 0 Å². The Hall–Kier alpha value is -1.26. The van der Waals surface area contributed by atoms with Crippen molar-refractivity contribution in [2.45, 2.75) is 38.8 Å². The third kappa shape index (κ3) is 3.50. The average molecular weight is 311 g/mol. The summed E-state index contributed by atoms with van der Waals surface area (Å²) < 4.78 is 5.30. The normalized spacial score (nSPS) is 22.5. The molecule has 0 saturated carbocycles. The Morgan fingerprint density at radius 1 is 1.48 bits per heavy atom. The van der Waals surface area contributed by atoms with Crippen molar-refractivity contribution in [1.29, 1.82) is 0 Å². The Labute approximate surface area is 131 Å². The van der Waals surface area contributed by atoms with Crippen LogP contribution >= 0.6 is 11.6 Å². The number of hydrogen-bond acceptors (Lipinski definition) is 4. The standard InChI is InChI=1S/C16H23ClN2O2/c1-4-21-15(20)16(9-10-19(11-16)12(2)3)18-14-8-6-5-7-13(14)17/h5-8,12,18H,4,9-11H2,1-3H3. The number of rotatable bonds is 5. The molecule has 1 aliphatic heterocycles. The Morgan fingerprint density at radius 2 is 2.19 bits per heavy atom. The van der Waals surface area contributed by atoms with Gasteiger partial charge in [0.15, 0.2) is 0 Å². The maximum Gasteiger partial charge on any atom is 0.333 e. The van der Waals surface area contributed by atoms with Crippen LogP contribution in [0.4, 0.5) is 5.69 Å². The molecule has 1 aliphatic rings. The number of nitrogens with one attached hydrogen (secondary N) is 1. The molecule has 0 spiro atoms. The predicted molar refractivity (Wildman–Crippen MR) is 85.8 cm³/mol. The number of para-hydroxylation sites is 1. The molecule has 1 aromatic rings. The molecule has 0 bridgehead atoms. The first kappa shape index (κ1) is 16.1. The number of carbonyl (C=O) groups is 1. The molecule has 0 aliphatic carbocycles. The molecular formula is C16H23ClN2O2. The highest BCUT2D eigenvalue weighted by molar-refractivity contribution is 6.33. The Bertz CT molecular complexity index is 507. The molecule has 1 heterocycles. The Balaban J connectivity index is 2.25. The second-order valence-corrected chi connectivity index (χ2v) is 6.13. The van der Waals surface area contributed by atoms with Gasteiger partial charge in [0.2, 0.25) is 0 Å². The van der Waals surface area contributed by atoms with E-state index in [9.17, 15) is 4.79 Å². The number of likely N-dealkylation sites (tertiary alicyclic amines) is 1. The van der Waals surface area contributed by atoms with Gasteiger partial charge in [-0.2, -0.15) is 0 Å². The van der Waals surface area contributed by atoms with Crippen LogP contribution in [0.2, 0.25) is 5.02 Å². The highest BCUT2D eigenvalue weighted by Crippen LogP contribution is 2.32. The van der Waals surface area contributed by atoms with Crippen molar-refractivity contribution in [2.24, 2.45) is 0 Å². The van der Waals surface area contributed by atoms with Gasteiger partial charge in [0, 0.05) is 19.1 Å². The predicted octanol–water partition coefficient (Wildman–Crippen LogP) is 3.17. The van der Waals surface area contributed by atoms with Crippen molar-refractivity contribution in [3.8, 4) is 0 Å². The summed E-state index contributed by atoms with van der Waals surface area (Å²) in [5.74, 6) is -0.201. The molecule has 1 saturated heterocycles. The molecule has 1 unspecified atom stereocenters. The van der Waals surface area contributed by atoms with Crippen molar-refractivity contribution in [1.82, 2.24) is 4.90 Å². The van der Waals surface area contributed by atoms with Gasteiger partial charge in [0.05, 0.1) is 17.3 Å². The van der Waals surface area contributed by atoms with Gasteiger partial charge < -0.3 is 10.1 Å². The highest BCUT2D eigenvalue weighted by atomic mass is 35.5. The number of benzene rings is 1. The first-order valence-corrected chi connectivity index (χ1v) is 7.80. The van der Waals surface area contributed by atoms with Gasteiger partial charge in [-0.15, -0.1) is 0 Å². The van der Waals surface area contributed by atoms with Crippen LogP contribution in [0.25, 0.3) is 0 Å². The summed E-state index contributed by atoms with van der Waals surface area (Å²) in [7, 11) is 0. The van der Waals surface area contributed by atoms with Crippen molar-refractivity contribution in [3.63, 3.8) is 0 Å². The zero-order valence-corrected chi connectivity index (χ0v) is 13.6. The molecule has 0 aromatic heterocycles. The number of esters is 1. The zero-order valence-electron chi connectivity index (χ0n) is 12.9. The smallest absolute Gasteiger partial charge is 0.333 e. The lowest BCUT2D eigenvalue weighted by molar-refractivity contribution is -0.148. The summed E-state index contributed by atoms with van der Waals surface area (Å²) >= 11 is 6.22. The number of nitrogens with zero attached hydrogens (tertiary/aromatic N) is 1. The van der Waals surface area contributed by atoms with Crippen molar-refractivity contribution in [2.75, 3.05) is 25.0 Å². The van der Waals surface area contributed by atoms with E-state index >= 15 is 0 Å². The van der Waals surface area contributed by atoms with E-state index in [1.807, 2.05) is 31.2 Å². The van der Waals surface area contributed by atoms with E-state index in [4.69, 9.17) is 16.3 Å². The van der Waals surface area contributed by atoms with E-state index in [1.165, 1.54) is 0 Å². The van der Waals surface area contributed by atoms with Crippen LogP contribution in [0.1, 0.15) is 27.2 Å². The highest BCUT2D eigenvalue weighted by Gasteiger charge is 2.46. The minimum Gasteiger partial charge on any atom is -0.464 e. The van der Waals surface area contributed by atoms with Gasteiger partial charge in [-0.1, -0.05) is 23.7 Å². The van der Waals surface area contributed by atoms with Crippen LogP contribution in [0, 0.1) is 0 Å². The van der Waals surface area contributed by atoms with Crippen molar-refractivity contribution < 1.29 is 9.53 Å². The monoisotopic (exact) mass is 310 g/mol. The average Bonchev–Trinajstić information content (AvgIpc) is 2.88. The fraction of sp³-hybridized carbons (Fsp3) is 0.562. The van der Waals surface area contributed by atoms with Crippen LogP contribution < -0.4 is 5.32 Å². The van der Waals surface area contributed by atoms with Crippen LogP contribution in [-0.4, -0.2) is 42.1 Å². The SMILES string of the molecule is CCOC(=O)C1(Nc2ccccc2Cl)CCN(C(C)C)C1. The van der Waals surface area contributed by atoms with Crippen molar-refractivity contribution >= 4 is 23.3 Å². The first-order chi connectivity index (χ1) is 9.98. The molecular weight excluding hydrogens is 288 g/mol. The molecule has 116 valence electrons. The lowest BCUT2D eigenvalue weighted by Gasteiger charge is -2.30. The van der Waals surface area contributed by atoms with Gasteiger partial charge >= 0.3 is 5.97 Å². The molecule has 21 heavy (non-hydrogen) atoms. The molecule has 0 radical (unpaired) electrons. The summed E-state index contributed by atoms with van der Waals surface area (Å²) in [6.07, 6.45) is 0.717. The second-order valence-electron chi connectivity index (χ2n) is 5.72. The second kappa shape index (κ2) is 6.67. The van der Waals surface area contributed by atoms with Crippen LogP contribution in [-0.2, 0) is 9.53 Å². The molecule has 2 rings (SSSR count). The summed E-state index contributed by atoms with van der Waals surface area (Å²) in [6.45, 7) is 7.98. The largest absolute Gasteiger partial charge is 0.464 e. The van der Waals surface area contributed by atoms with Gasteiger partial charge in [-0.25, -0.2) is 4.79 Å². The molecule has 1 fully saturated rings. The maximum atomic E-state index is 12.5. The number of carbonyl (C=O) groups excluding carboxylic acids is 1. The molecule has 4 nitrogen and oxygen atoms in total. The molecule has 5 heteroatoms. The number of anilines is 1. The number of ether oxygens (including phenoxy) is 1. The quantitative estimate of drug-likeness (QED) is 0.848. The summed E-state index contributed by atoms with van der Waals surface area (Å²) in [5, 5.41) is 3.96. The topological polar surface area (TPSA) is 41.6 Å². The Kier molecular flexibility index (Phi) is 5.12. The minimum absolute atomic E-state index is 0.201. The third-order valence-corrected chi connectivity index (χ3v) is 4.27. The van der Waals surface area contributed by atoms with Crippen LogP contribution in [0.15, 0.2) is 24.3 Å². The molecule has 0 amide bonds. The number of hydrogen-bond donors (Lipinski definition) is 1. The van der Waals surface area contributed by atoms with E-state index in [1.54, 1.807) is 0 Å². The molecule has 1 N–H and O–H groups in total. The first-order valence-electron chi connectivity index (χ1n) is 7.42. The summed E-state index contributed by atoms with van der Waals surface area (Å²) in [4.78, 5) is 14.8. The fourth-order valence-corrected chi connectivity index (χ4v) is 2.87. The maximum absolute atomic E-state index is 12.5. The molecule has 1 aromatic carbocycles.